The summed E-state index contributed by atoms with van der Waals surface area (Å²) in [5, 5.41) is 0. The molecule has 0 aliphatic carbocycles. The predicted octanol–water partition coefficient (Wildman–Crippen LogP) is 4.47. The van der Waals surface area contributed by atoms with Crippen LogP contribution in [0.1, 0.15) is 37.7 Å². The second-order valence-corrected chi connectivity index (χ2v) is 6.06. The van der Waals surface area contributed by atoms with Gasteiger partial charge >= 0.3 is 0 Å². The summed E-state index contributed by atoms with van der Waals surface area (Å²) in [6, 6.07) is 19.1. The van der Waals surface area contributed by atoms with E-state index in [1.165, 1.54) is 16.7 Å². The highest BCUT2D eigenvalue weighted by Gasteiger charge is 2.26. The molecule has 1 aliphatic rings. The van der Waals surface area contributed by atoms with Crippen molar-refractivity contribution in [2.75, 3.05) is 13.1 Å². The number of carbonyl (C=O) groups excluding carboxylic acids is 1. The molecular weight excluding hydrogens is 270 g/mol. The first-order chi connectivity index (χ1) is 10.8. The van der Waals surface area contributed by atoms with Gasteiger partial charge in [0.1, 0.15) is 0 Å². The fraction of sp³-hybridized carbons (Fsp3) is 0.350. The van der Waals surface area contributed by atoms with Crippen LogP contribution in [0.5, 0.6) is 0 Å². The highest BCUT2D eigenvalue weighted by Crippen LogP contribution is 2.30. The molecule has 0 N–H and O–H groups in total. The van der Waals surface area contributed by atoms with Crippen LogP contribution in [0, 0.1) is 0 Å². The first-order valence-corrected chi connectivity index (χ1v) is 8.21. The van der Waals surface area contributed by atoms with Crippen molar-refractivity contribution in [1.29, 1.82) is 0 Å². The van der Waals surface area contributed by atoms with Crippen molar-refractivity contribution in [3.8, 4) is 11.1 Å². The fourth-order valence-corrected chi connectivity index (χ4v) is 3.25. The number of carbonyl (C=O) groups is 1. The zero-order valence-corrected chi connectivity index (χ0v) is 13.2. The fourth-order valence-electron chi connectivity index (χ4n) is 3.25. The van der Waals surface area contributed by atoms with Gasteiger partial charge in [-0.2, -0.15) is 0 Å². The Morgan fingerprint density at radius 2 is 1.68 bits per heavy atom. The van der Waals surface area contributed by atoms with Crippen molar-refractivity contribution in [1.82, 2.24) is 4.90 Å². The van der Waals surface area contributed by atoms with Gasteiger partial charge < -0.3 is 4.90 Å². The lowest BCUT2D eigenvalue weighted by molar-refractivity contribution is -0.133. The molecule has 3 rings (SSSR count). The Kier molecular flexibility index (Phi) is 4.57. The van der Waals surface area contributed by atoms with Gasteiger partial charge in [0.2, 0.25) is 5.91 Å². The van der Waals surface area contributed by atoms with E-state index in [4.69, 9.17) is 0 Å². The van der Waals surface area contributed by atoms with Crippen molar-refractivity contribution in [2.45, 2.75) is 32.1 Å². The third-order valence-corrected chi connectivity index (χ3v) is 4.50. The molecule has 2 nitrogen and oxygen atoms in total. The highest BCUT2D eigenvalue weighted by molar-refractivity contribution is 5.78. The lowest BCUT2D eigenvalue weighted by Gasteiger charge is -2.31. The summed E-state index contributed by atoms with van der Waals surface area (Å²) in [7, 11) is 0. The zero-order chi connectivity index (χ0) is 15.4. The van der Waals surface area contributed by atoms with Crippen LogP contribution in [-0.4, -0.2) is 23.9 Å². The largest absolute Gasteiger partial charge is 0.343 e. The van der Waals surface area contributed by atoms with Crippen molar-refractivity contribution < 1.29 is 4.79 Å². The number of piperidine rings is 1. The average Bonchev–Trinajstić information content (AvgIpc) is 2.58. The molecule has 114 valence electrons. The minimum atomic E-state index is 0.310. The van der Waals surface area contributed by atoms with Crippen LogP contribution in [0.25, 0.3) is 11.1 Å². The van der Waals surface area contributed by atoms with E-state index in [0.717, 1.165) is 25.9 Å². The second kappa shape index (κ2) is 6.78. The first kappa shape index (κ1) is 14.8. The van der Waals surface area contributed by atoms with Crippen LogP contribution in [0.2, 0.25) is 0 Å². The van der Waals surface area contributed by atoms with E-state index in [2.05, 4.69) is 55.5 Å². The Labute approximate surface area is 132 Å². The minimum Gasteiger partial charge on any atom is -0.343 e. The molecule has 0 aromatic heterocycles. The van der Waals surface area contributed by atoms with Crippen molar-refractivity contribution in [3.63, 3.8) is 0 Å². The maximum atomic E-state index is 12.2. The molecule has 22 heavy (non-hydrogen) atoms. The maximum Gasteiger partial charge on any atom is 0.223 e. The highest BCUT2D eigenvalue weighted by atomic mass is 16.2. The van der Waals surface area contributed by atoms with Gasteiger partial charge in [0.25, 0.3) is 0 Å². The van der Waals surface area contributed by atoms with Gasteiger partial charge in [-0.25, -0.2) is 0 Å². The van der Waals surface area contributed by atoms with Gasteiger partial charge in [0.15, 0.2) is 0 Å². The van der Waals surface area contributed by atoms with Crippen LogP contribution in [0.3, 0.4) is 0 Å². The predicted molar refractivity (Wildman–Crippen MR) is 90.7 cm³/mol. The summed E-state index contributed by atoms with van der Waals surface area (Å²) in [4.78, 5) is 14.2. The van der Waals surface area contributed by atoms with Crippen molar-refractivity contribution in [3.05, 3.63) is 60.2 Å². The Morgan fingerprint density at radius 3 is 2.32 bits per heavy atom. The number of nitrogens with zero attached hydrogens (tertiary/aromatic N) is 1. The molecule has 2 aromatic rings. The van der Waals surface area contributed by atoms with Gasteiger partial charge in [-0.3, -0.25) is 4.79 Å². The van der Waals surface area contributed by atoms with Crippen LogP contribution >= 0.6 is 0 Å². The van der Waals surface area contributed by atoms with E-state index < -0.39 is 0 Å². The lowest BCUT2D eigenvalue weighted by Crippen LogP contribution is -2.38. The van der Waals surface area contributed by atoms with Gasteiger partial charge in [-0.1, -0.05) is 61.5 Å². The average molecular weight is 293 g/mol. The number of likely N-dealkylation sites (tertiary alicyclic amines) is 1. The number of benzene rings is 2. The molecule has 0 spiro atoms. The molecule has 2 aromatic carbocycles. The number of hydrogen-bond donors (Lipinski definition) is 0. The number of amides is 1. The smallest absolute Gasteiger partial charge is 0.223 e. The van der Waals surface area contributed by atoms with E-state index in [1.54, 1.807) is 0 Å². The molecule has 0 bridgehead atoms. The lowest BCUT2D eigenvalue weighted by atomic mass is 9.88. The van der Waals surface area contributed by atoms with E-state index in [9.17, 15) is 4.79 Å². The minimum absolute atomic E-state index is 0.310. The Morgan fingerprint density at radius 1 is 1.00 bits per heavy atom. The molecule has 1 amide bonds. The van der Waals surface area contributed by atoms with Crippen LogP contribution < -0.4 is 0 Å². The SMILES string of the molecule is CCCN1CCC(c2ccc(-c3ccccc3)cc2)CC1=O. The van der Waals surface area contributed by atoms with Gasteiger partial charge in [0, 0.05) is 19.5 Å². The molecule has 1 saturated heterocycles. The summed E-state index contributed by atoms with van der Waals surface area (Å²) < 4.78 is 0. The molecule has 1 heterocycles. The Balaban J connectivity index is 1.70. The quantitative estimate of drug-likeness (QED) is 0.814. The van der Waals surface area contributed by atoms with Gasteiger partial charge in [-0.15, -0.1) is 0 Å². The molecule has 1 unspecified atom stereocenters. The van der Waals surface area contributed by atoms with E-state index >= 15 is 0 Å². The van der Waals surface area contributed by atoms with E-state index in [0.29, 0.717) is 18.2 Å². The second-order valence-electron chi connectivity index (χ2n) is 6.06. The van der Waals surface area contributed by atoms with Crippen LogP contribution in [0.15, 0.2) is 54.6 Å². The van der Waals surface area contributed by atoms with Crippen molar-refractivity contribution in [2.24, 2.45) is 0 Å². The van der Waals surface area contributed by atoms with Gasteiger partial charge in [-0.05, 0) is 35.4 Å². The summed E-state index contributed by atoms with van der Waals surface area (Å²) in [6.07, 6.45) is 2.78. The van der Waals surface area contributed by atoms with E-state index in [-0.39, 0.29) is 0 Å². The van der Waals surface area contributed by atoms with Gasteiger partial charge in [0.05, 0.1) is 0 Å². The molecule has 0 saturated carbocycles. The molecule has 0 radical (unpaired) electrons. The monoisotopic (exact) mass is 293 g/mol. The summed E-state index contributed by atoms with van der Waals surface area (Å²) >= 11 is 0. The van der Waals surface area contributed by atoms with Crippen molar-refractivity contribution >= 4 is 5.91 Å². The standard InChI is InChI=1S/C20H23NO/c1-2-13-21-14-12-19(15-20(21)22)18-10-8-17(9-11-18)16-6-4-3-5-7-16/h3-11,19H,2,12-15H2,1H3. The summed E-state index contributed by atoms with van der Waals surface area (Å²) in [5.74, 6) is 0.690. The normalized spacial score (nSPS) is 18.5. The summed E-state index contributed by atoms with van der Waals surface area (Å²) in [5.41, 5.74) is 3.77. The van der Waals surface area contributed by atoms with Crippen LogP contribution in [0.4, 0.5) is 0 Å². The zero-order valence-electron chi connectivity index (χ0n) is 13.2. The number of hydrogen-bond acceptors (Lipinski definition) is 1. The Bertz CT molecular complexity index is 618. The Hall–Kier alpha value is -2.09. The topological polar surface area (TPSA) is 20.3 Å². The molecule has 1 atom stereocenters. The molecule has 2 heteroatoms. The summed E-state index contributed by atoms with van der Waals surface area (Å²) in [6.45, 7) is 3.93. The third-order valence-electron chi connectivity index (χ3n) is 4.50. The maximum absolute atomic E-state index is 12.2. The first-order valence-electron chi connectivity index (χ1n) is 8.21. The molecule has 1 aliphatic heterocycles. The van der Waals surface area contributed by atoms with E-state index in [1.807, 2.05) is 11.0 Å². The third kappa shape index (κ3) is 3.22. The number of rotatable bonds is 4. The molecule has 1 fully saturated rings. The van der Waals surface area contributed by atoms with Crippen LogP contribution in [-0.2, 0) is 4.79 Å². The molecular formula is C20H23NO.